The van der Waals surface area contributed by atoms with Gasteiger partial charge in [-0.1, -0.05) is 39.0 Å². The van der Waals surface area contributed by atoms with Crippen LogP contribution in [0, 0.1) is 0 Å². The molecule has 0 aliphatic rings. The zero-order chi connectivity index (χ0) is 13.9. The normalized spacial score (nSPS) is 11.4. The Balaban J connectivity index is 2.05. The van der Waals surface area contributed by atoms with Crippen LogP contribution in [0.2, 0.25) is 0 Å². The highest BCUT2D eigenvalue weighted by Crippen LogP contribution is 2.24. The number of hydrogen-bond donors (Lipinski definition) is 1. The number of ether oxygens (including phenoxy) is 1. The molecule has 0 saturated heterocycles. The summed E-state index contributed by atoms with van der Waals surface area (Å²) in [5.74, 6) is 1.76. The van der Waals surface area contributed by atoms with Gasteiger partial charge in [-0.25, -0.2) is 4.98 Å². The number of rotatable bonds is 4. The maximum Gasteiger partial charge on any atom is 0.202 e. The van der Waals surface area contributed by atoms with Gasteiger partial charge in [-0.3, -0.25) is 0 Å². The molecular formula is C14H19N3OS. The molecule has 0 aliphatic carbocycles. The third kappa shape index (κ3) is 3.44. The summed E-state index contributed by atoms with van der Waals surface area (Å²) in [7, 11) is 1.68. The van der Waals surface area contributed by atoms with Gasteiger partial charge in [0.15, 0.2) is 0 Å². The molecule has 0 unspecified atom stereocenters. The highest BCUT2D eigenvalue weighted by molar-refractivity contribution is 7.09. The number of benzene rings is 1. The largest absolute Gasteiger partial charge is 0.496 e. The van der Waals surface area contributed by atoms with Gasteiger partial charge in [0, 0.05) is 29.1 Å². The summed E-state index contributed by atoms with van der Waals surface area (Å²) < 4.78 is 9.70. The molecule has 0 bridgehead atoms. The summed E-state index contributed by atoms with van der Waals surface area (Å²) in [6.07, 6.45) is 0. The van der Waals surface area contributed by atoms with E-state index < -0.39 is 0 Å². The lowest BCUT2D eigenvalue weighted by Gasteiger charge is -2.12. The van der Waals surface area contributed by atoms with Gasteiger partial charge < -0.3 is 10.1 Å². The fraction of sp³-hybridized carbons (Fsp3) is 0.429. The number of anilines is 1. The minimum atomic E-state index is -0.0130. The van der Waals surface area contributed by atoms with Crippen LogP contribution in [0.15, 0.2) is 24.3 Å². The summed E-state index contributed by atoms with van der Waals surface area (Å²) >= 11 is 1.40. The molecular weight excluding hydrogens is 258 g/mol. The summed E-state index contributed by atoms with van der Waals surface area (Å²) in [6, 6.07) is 7.96. The first-order valence-electron chi connectivity index (χ1n) is 6.20. The van der Waals surface area contributed by atoms with E-state index in [0.29, 0.717) is 6.54 Å². The van der Waals surface area contributed by atoms with Crippen molar-refractivity contribution in [2.24, 2.45) is 0 Å². The van der Waals surface area contributed by atoms with Gasteiger partial charge in [-0.05, 0) is 6.07 Å². The second-order valence-corrected chi connectivity index (χ2v) is 6.09. The Labute approximate surface area is 118 Å². The summed E-state index contributed by atoms with van der Waals surface area (Å²) in [5.41, 5.74) is 1.10. The minimum Gasteiger partial charge on any atom is -0.496 e. The van der Waals surface area contributed by atoms with Crippen LogP contribution in [0.4, 0.5) is 5.13 Å². The second kappa shape index (κ2) is 5.57. The number of nitrogens with one attached hydrogen (secondary N) is 1. The summed E-state index contributed by atoms with van der Waals surface area (Å²) in [6.45, 7) is 7.01. The van der Waals surface area contributed by atoms with Crippen molar-refractivity contribution in [2.45, 2.75) is 32.7 Å². The van der Waals surface area contributed by atoms with E-state index in [9.17, 15) is 0 Å². The third-order valence-electron chi connectivity index (χ3n) is 2.72. The SMILES string of the molecule is COc1ccccc1CNc1nc(C(C)(C)C)ns1. The van der Waals surface area contributed by atoms with E-state index in [0.717, 1.165) is 22.3 Å². The van der Waals surface area contributed by atoms with E-state index in [1.165, 1.54) is 11.5 Å². The zero-order valence-electron chi connectivity index (χ0n) is 11.7. The second-order valence-electron chi connectivity index (χ2n) is 5.34. The average Bonchev–Trinajstić information content (AvgIpc) is 2.85. The van der Waals surface area contributed by atoms with Gasteiger partial charge in [0.25, 0.3) is 0 Å². The molecule has 0 fully saturated rings. The van der Waals surface area contributed by atoms with Gasteiger partial charge in [0.05, 0.1) is 7.11 Å². The molecule has 5 heteroatoms. The topological polar surface area (TPSA) is 47.0 Å². The predicted octanol–water partition coefficient (Wildman–Crippen LogP) is 3.46. The fourth-order valence-electron chi connectivity index (χ4n) is 1.62. The summed E-state index contributed by atoms with van der Waals surface area (Å²) in [4.78, 5) is 4.51. The maximum absolute atomic E-state index is 5.32. The van der Waals surface area contributed by atoms with Crippen molar-refractivity contribution in [3.8, 4) is 5.75 Å². The molecule has 0 aliphatic heterocycles. The first-order chi connectivity index (χ1) is 9.00. The van der Waals surface area contributed by atoms with Crippen molar-refractivity contribution < 1.29 is 4.74 Å². The molecule has 102 valence electrons. The highest BCUT2D eigenvalue weighted by Gasteiger charge is 2.19. The third-order valence-corrected chi connectivity index (χ3v) is 3.39. The fourth-order valence-corrected chi connectivity index (χ4v) is 2.37. The quantitative estimate of drug-likeness (QED) is 0.929. The lowest BCUT2D eigenvalue weighted by Crippen LogP contribution is -2.13. The number of para-hydroxylation sites is 1. The Bertz CT molecular complexity index is 546. The van der Waals surface area contributed by atoms with Crippen molar-refractivity contribution in [2.75, 3.05) is 12.4 Å². The van der Waals surface area contributed by atoms with Crippen molar-refractivity contribution in [3.63, 3.8) is 0 Å². The van der Waals surface area contributed by atoms with Crippen LogP contribution in [-0.2, 0) is 12.0 Å². The molecule has 2 aromatic rings. The van der Waals surface area contributed by atoms with Gasteiger partial charge in [-0.15, -0.1) is 0 Å². The molecule has 0 amide bonds. The Kier molecular flexibility index (Phi) is 4.04. The zero-order valence-corrected chi connectivity index (χ0v) is 12.5. The van der Waals surface area contributed by atoms with E-state index >= 15 is 0 Å². The summed E-state index contributed by atoms with van der Waals surface area (Å²) in [5, 5.41) is 4.14. The highest BCUT2D eigenvalue weighted by atomic mass is 32.1. The van der Waals surface area contributed by atoms with Crippen molar-refractivity contribution >= 4 is 16.7 Å². The van der Waals surface area contributed by atoms with Crippen LogP contribution in [0.25, 0.3) is 0 Å². The molecule has 0 radical (unpaired) electrons. The van der Waals surface area contributed by atoms with Crippen LogP contribution in [0.3, 0.4) is 0 Å². The first-order valence-corrected chi connectivity index (χ1v) is 6.98. The first kappa shape index (κ1) is 13.8. The molecule has 0 saturated carbocycles. The molecule has 0 spiro atoms. The van der Waals surface area contributed by atoms with Gasteiger partial charge in [0.2, 0.25) is 5.13 Å². The molecule has 1 N–H and O–H groups in total. The number of aromatic nitrogens is 2. The molecule has 1 aromatic carbocycles. The van der Waals surface area contributed by atoms with Crippen molar-refractivity contribution in [3.05, 3.63) is 35.7 Å². The minimum absolute atomic E-state index is 0.0130. The van der Waals surface area contributed by atoms with Crippen LogP contribution in [0.1, 0.15) is 32.2 Å². The van der Waals surface area contributed by atoms with Crippen LogP contribution in [-0.4, -0.2) is 16.5 Å². The molecule has 2 rings (SSSR count). The van der Waals surface area contributed by atoms with Gasteiger partial charge in [0.1, 0.15) is 11.6 Å². The standard InChI is InChI=1S/C14H19N3OS/c1-14(2,3)12-16-13(19-17-12)15-9-10-7-5-6-8-11(10)18-4/h5-8H,9H2,1-4H3,(H,15,16,17). The lowest BCUT2D eigenvalue weighted by molar-refractivity contribution is 0.410. The Morgan fingerprint density at radius 3 is 2.63 bits per heavy atom. The molecule has 0 atom stereocenters. The van der Waals surface area contributed by atoms with E-state index in [2.05, 4.69) is 35.4 Å². The van der Waals surface area contributed by atoms with Crippen molar-refractivity contribution in [1.29, 1.82) is 0 Å². The maximum atomic E-state index is 5.32. The van der Waals surface area contributed by atoms with Crippen LogP contribution in [0.5, 0.6) is 5.75 Å². The predicted molar refractivity (Wildman–Crippen MR) is 78.9 cm³/mol. The van der Waals surface area contributed by atoms with Crippen LogP contribution >= 0.6 is 11.5 Å². The van der Waals surface area contributed by atoms with Crippen LogP contribution < -0.4 is 10.1 Å². The Morgan fingerprint density at radius 2 is 2.00 bits per heavy atom. The number of hydrogen-bond acceptors (Lipinski definition) is 5. The van der Waals surface area contributed by atoms with E-state index in [1.807, 2.05) is 24.3 Å². The average molecular weight is 277 g/mol. The molecule has 4 nitrogen and oxygen atoms in total. The van der Waals surface area contributed by atoms with E-state index in [4.69, 9.17) is 4.74 Å². The smallest absolute Gasteiger partial charge is 0.202 e. The number of nitrogens with zero attached hydrogens (tertiary/aromatic N) is 2. The van der Waals surface area contributed by atoms with Gasteiger partial charge in [-0.2, -0.15) is 4.37 Å². The van der Waals surface area contributed by atoms with Gasteiger partial charge >= 0.3 is 0 Å². The lowest BCUT2D eigenvalue weighted by atomic mass is 9.96. The molecule has 1 aromatic heterocycles. The van der Waals surface area contributed by atoms with Crippen molar-refractivity contribution in [1.82, 2.24) is 9.36 Å². The van der Waals surface area contributed by atoms with E-state index in [1.54, 1.807) is 7.11 Å². The molecule has 19 heavy (non-hydrogen) atoms. The Morgan fingerprint density at radius 1 is 1.26 bits per heavy atom. The van der Waals surface area contributed by atoms with E-state index in [-0.39, 0.29) is 5.41 Å². The molecule has 1 heterocycles. The Hall–Kier alpha value is -1.62. The number of methoxy groups -OCH3 is 1. The monoisotopic (exact) mass is 277 g/mol.